The molecule has 34 heavy (non-hydrogen) atoms. The average molecular weight is 500 g/mol. The molecule has 0 bridgehead atoms. The molecule has 2 heterocycles. The summed E-state index contributed by atoms with van der Waals surface area (Å²) in [6.45, 7) is 0.327. The Morgan fingerprint density at radius 2 is 1.94 bits per heavy atom. The van der Waals surface area contributed by atoms with Crippen LogP contribution in [0, 0.1) is 0 Å². The van der Waals surface area contributed by atoms with E-state index in [0.717, 1.165) is 22.9 Å². The van der Waals surface area contributed by atoms with Crippen molar-refractivity contribution in [1.82, 2.24) is 10.2 Å². The Morgan fingerprint density at radius 3 is 2.59 bits per heavy atom. The molecule has 2 aliphatic heterocycles. The smallest absolute Gasteiger partial charge is 0.278 e. The van der Waals surface area contributed by atoms with E-state index in [2.05, 4.69) is 10.3 Å². The van der Waals surface area contributed by atoms with Crippen LogP contribution >= 0.6 is 11.8 Å². The fourth-order valence-electron chi connectivity index (χ4n) is 3.71. The van der Waals surface area contributed by atoms with Gasteiger partial charge in [0.2, 0.25) is 5.91 Å². The minimum atomic E-state index is -3.08. The summed E-state index contributed by atoms with van der Waals surface area (Å²) in [5.74, 6) is 0.281. The molecular formula is C24H25N3O5S2. The Kier molecular flexibility index (Phi) is 7.38. The molecule has 4 rings (SSSR count). The number of hydrogen-bond donors (Lipinski definition) is 1. The van der Waals surface area contributed by atoms with E-state index in [1.54, 1.807) is 30.2 Å². The molecule has 0 aromatic heterocycles. The number of carbonyl (C=O) groups is 2. The number of nitrogens with zero attached hydrogens (tertiary/aromatic N) is 2. The molecule has 1 fully saturated rings. The Balaban J connectivity index is 1.49. The number of nitrogens with one attached hydrogen (secondary N) is 1. The number of aliphatic imine (C=N–C) groups is 1. The van der Waals surface area contributed by atoms with Crippen LogP contribution in [0.3, 0.4) is 0 Å². The summed E-state index contributed by atoms with van der Waals surface area (Å²) >= 11 is 1.16. The largest absolute Gasteiger partial charge is 0.497 e. The van der Waals surface area contributed by atoms with Crippen LogP contribution in [0.5, 0.6) is 5.75 Å². The second-order valence-electron chi connectivity index (χ2n) is 8.03. The number of methoxy groups -OCH3 is 1. The van der Waals surface area contributed by atoms with Gasteiger partial charge in [-0.3, -0.25) is 14.5 Å². The number of sulfone groups is 1. The maximum absolute atomic E-state index is 13.2. The van der Waals surface area contributed by atoms with Gasteiger partial charge in [-0.15, -0.1) is 0 Å². The Hall–Kier alpha value is -3.11. The van der Waals surface area contributed by atoms with E-state index in [0.29, 0.717) is 23.9 Å². The number of benzene rings is 2. The number of rotatable bonds is 7. The van der Waals surface area contributed by atoms with E-state index >= 15 is 0 Å². The number of thioether (sulfide) groups is 1. The first-order valence-electron chi connectivity index (χ1n) is 10.8. The summed E-state index contributed by atoms with van der Waals surface area (Å²) in [6, 6.07) is 16.5. The van der Waals surface area contributed by atoms with Gasteiger partial charge in [-0.05, 0) is 35.8 Å². The minimum absolute atomic E-state index is 0.0300. The topological polar surface area (TPSA) is 105 Å². The third-order valence-electron chi connectivity index (χ3n) is 5.44. The molecule has 1 saturated heterocycles. The highest BCUT2D eigenvalue weighted by molar-refractivity contribution is 8.14. The van der Waals surface area contributed by atoms with Crippen molar-refractivity contribution in [3.05, 3.63) is 71.4 Å². The van der Waals surface area contributed by atoms with Gasteiger partial charge < -0.3 is 10.1 Å². The van der Waals surface area contributed by atoms with Gasteiger partial charge in [0.15, 0.2) is 15.0 Å². The summed E-state index contributed by atoms with van der Waals surface area (Å²) in [4.78, 5) is 31.7. The van der Waals surface area contributed by atoms with E-state index < -0.39 is 9.84 Å². The van der Waals surface area contributed by atoms with Crippen LogP contribution in [0.15, 0.2) is 65.3 Å². The number of carbonyl (C=O) groups excluding carboxylic acids is 2. The summed E-state index contributed by atoms with van der Waals surface area (Å²) in [5, 5.41) is 3.21. The fourth-order valence-corrected chi connectivity index (χ4v) is 6.20. The van der Waals surface area contributed by atoms with Gasteiger partial charge in [-0.1, -0.05) is 54.2 Å². The van der Waals surface area contributed by atoms with Crippen molar-refractivity contribution < 1.29 is 22.7 Å². The van der Waals surface area contributed by atoms with E-state index in [9.17, 15) is 18.0 Å². The van der Waals surface area contributed by atoms with Crippen molar-refractivity contribution in [3.8, 4) is 5.75 Å². The zero-order valence-electron chi connectivity index (χ0n) is 18.6. The fraction of sp³-hybridized carbons (Fsp3) is 0.292. The van der Waals surface area contributed by atoms with Crippen LogP contribution in [0.4, 0.5) is 0 Å². The van der Waals surface area contributed by atoms with Crippen LogP contribution in [-0.4, -0.2) is 60.7 Å². The maximum Gasteiger partial charge on any atom is 0.278 e. The van der Waals surface area contributed by atoms with Crippen molar-refractivity contribution in [2.45, 2.75) is 19.0 Å². The van der Waals surface area contributed by atoms with Crippen molar-refractivity contribution in [3.63, 3.8) is 0 Å². The van der Waals surface area contributed by atoms with Gasteiger partial charge in [0.05, 0.1) is 30.9 Å². The standard InChI is InChI=1S/C24H25N3O5S2/c1-32-20-9-7-17(8-10-20)13-21-23(29)27(14-18-5-3-2-4-6-18)24(26-21)33-15-22(28)25-19-11-12-34(30,31)16-19/h2-10,13,19H,11-12,14-16H2,1H3,(H,25,28)/b21-13-. The molecule has 0 saturated carbocycles. The molecule has 2 aliphatic rings. The highest BCUT2D eigenvalue weighted by atomic mass is 32.2. The summed E-state index contributed by atoms with van der Waals surface area (Å²) < 4.78 is 28.4. The molecule has 178 valence electrons. The minimum Gasteiger partial charge on any atom is -0.497 e. The zero-order valence-corrected chi connectivity index (χ0v) is 20.3. The van der Waals surface area contributed by atoms with Gasteiger partial charge in [-0.2, -0.15) is 0 Å². The number of amides is 2. The molecule has 1 N–H and O–H groups in total. The lowest BCUT2D eigenvalue weighted by atomic mass is 10.1. The highest BCUT2D eigenvalue weighted by Gasteiger charge is 2.32. The molecule has 0 spiro atoms. The molecule has 1 atom stereocenters. The molecule has 2 amide bonds. The quantitative estimate of drug-likeness (QED) is 0.587. The van der Waals surface area contributed by atoms with E-state index in [1.807, 2.05) is 42.5 Å². The molecule has 8 nitrogen and oxygen atoms in total. The number of hydrogen-bond acceptors (Lipinski definition) is 7. The second-order valence-corrected chi connectivity index (χ2v) is 11.2. The van der Waals surface area contributed by atoms with Crippen LogP contribution in [0.1, 0.15) is 17.5 Å². The van der Waals surface area contributed by atoms with Gasteiger partial charge >= 0.3 is 0 Å². The van der Waals surface area contributed by atoms with E-state index in [4.69, 9.17) is 4.74 Å². The van der Waals surface area contributed by atoms with Crippen molar-refractivity contribution in [2.75, 3.05) is 24.4 Å². The first kappa shape index (κ1) is 24.0. The third-order valence-corrected chi connectivity index (χ3v) is 8.19. The number of amidine groups is 1. The predicted octanol–water partition coefficient (Wildman–Crippen LogP) is 2.47. The zero-order chi connectivity index (χ0) is 24.1. The monoisotopic (exact) mass is 499 g/mol. The third kappa shape index (κ3) is 6.06. The summed E-state index contributed by atoms with van der Waals surface area (Å²) in [6.07, 6.45) is 2.13. The first-order chi connectivity index (χ1) is 16.3. The van der Waals surface area contributed by atoms with Crippen LogP contribution < -0.4 is 10.1 Å². The van der Waals surface area contributed by atoms with Crippen LogP contribution in [0.2, 0.25) is 0 Å². The molecule has 10 heteroatoms. The van der Waals surface area contributed by atoms with Crippen molar-refractivity contribution in [2.24, 2.45) is 4.99 Å². The van der Waals surface area contributed by atoms with Crippen LogP contribution in [-0.2, 0) is 26.0 Å². The first-order valence-corrected chi connectivity index (χ1v) is 13.6. The van der Waals surface area contributed by atoms with Crippen molar-refractivity contribution in [1.29, 1.82) is 0 Å². The Morgan fingerprint density at radius 1 is 1.21 bits per heavy atom. The second kappa shape index (κ2) is 10.4. The molecule has 1 unspecified atom stereocenters. The summed E-state index contributed by atoms with van der Waals surface area (Å²) in [7, 11) is -1.49. The molecule has 2 aromatic carbocycles. The van der Waals surface area contributed by atoms with Gasteiger partial charge in [0, 0.05) is 6.04 Å². The van der Waals surface area contributed by atoms with Crippen LogP contribution in [0.25, 0.3) is 6.08 Å². The maximum atomic E-state index is 13.2. The Bertz CT molecular complexity index is 1230. The molecule has 0 radical (unpaired) electrons. The number of ether oxygens (including phenoxy) is 1. The lowest BCUT2D eigenvalue weighted by molar-refractivity contribution is -0.123. The average Bonchev–Trinajstić information content (AvgIpc) is 3.31. The SMILES string of the molecule is COc1ccc(/C=C2\N=C(SCC(=O)NC3CCS(=O)(=O)C3)N(Cc3ccccc3)C2=O)cc1. The van der Waals surface area contributed by atoms with Gasteiger partial charge in [-0.25, -0.2) is 13.4 Å². The van der Waals surface area contributed by atoms with E-state index in [-0.39, 0.29) is 40.8 Å². The lowest BCUT2D eigenvalue weighted by Crippen LogP contribution is -2.37. The predicted molar refractivity (Wildman–Crippen MR) is 133 cm³/mol. The molecular weight excluding hydrogens is 474 g/mol. The van der Waals surface area contributed by atoms with Crippen molar-refractivity contribution >= 4 is 44.7 Å². The molecule has 2 aromatic rings. The van der Waals surface area contributed by atoms with Gasteiger partial charge in [0.1, 0.15) is 11.4 Å². The van der Waals surface area contributed by atoms with Gasteiger partial charge in [0.25, 0.3) is 5.91 Å². The molecule has 0 aliphatic carbocycles. The summed E-state index contributed by atoms with van der Waals surface area (Å²) in [5.41, 5.74) is 2.03. The lowest BCUT2D eigenvalue weighted by Gasteiger charge is -2.18. The van der Waals surface area contributed by atoms with E-state index in [1.165, 1.54) is 0 Å². The highest BCUT2D eigenvalue weighted by Crippen LogP contribution is 2.26. The normalized spacial score (nSPS) is 20.4. The Labute approximate surface area is 203 Å².